The number of rotatable bonds is 4. The number of benzene rings is 1. The first-order valence-corrected chi connectivity index (χ1v) is 5.03. The molecule has 0 radical (unpaired) electrons. The Morgan fingerprint density at radius 3 is 2.75 bits per heavy atom. The predicted molar refractivity (Wildman–Crippen MR) is 58.6 cm³/mol. The van der Waals surface area contributed by atoms with Gasteiger partial charge in [-0.15, -0.1) is 11.6 Å². The van der Waals surface area contributed by atoms with E-state index >= 15 is 0 Å². The van der Waals surface area contributed by atoms with Gasteiger partial charge in [-0.1, -0.05) is 6.07 Å². The molecule has 0 heterocycles. The van der Waals surface area contributed by atoms with Gasteiger partial charge < -0.3 is 9.84 Å². The number of methoxy groups -OCH3 is 1. The van der Waals surface area contributed by atoms with Gasteiger partial charge in [0, 0.05) is 5.88 Å². The Labute approximate surface area is 98.0 Å². The van der Waals surface area contributed by atoms with Crippen LogP contribution in [-0.2, 0) is 17.1 Å². The maximum Gasteiger partial charge on any atom is 0.307 e. The average molecular weight is 240 g/mol. The van der Waals surface area contributed by atoms with E-state index in [1.54, 1.807) is 12.1 Å². The summed E-state index contributed by atoms with van der Waals surface area (Å²) in [4.78, 5) is 10.7. The standard InChI is InChI=1S/C11H10ClNO3/c1-16-10-3-7(5-12)2-8(4-11(14)15)9(10)6-13/h2-3H,4-5H2,1H3,(H,14,15). The number of carbonyl (C=O) groups is 1. The van der Waals surface area contributed by atoms with Crippen molar-refractivity contribution in [3.63, 3.8) is 0 Å². The topological polar surface area (TPSA) is 70.3 Å². The molecule has 16 heavy (non-hydrogen) atoms. The number of ether oxygens (including phenoxy) is 1. The summed E-state index contributed by atoms with van der Waals surface area (Å²) in [5, 5.41) is 17.7. The lowest BCUT2D eigenvalue weighted by Crippen LogP contribution is -2.04. The molecule has 1 N–H and O–H groups in total. The lowest BCUT2D eigenvalue weighted by molar-refractivity contribution is -0.136. The molecule has 0 aromatic heterocycles. The molecule has 4 nitrogen and oxygen atoms in total. The van der Waals surface area contributed by atoms with Crippen LogP contribution in [0.25, 0.3) is 0 Å². The van der Waals surface area contributed by atoms with Crippen molar-refractivity contribution in [2.75, 3.05) is 7.11 Å². The number of alkyl halides is 1. The Morgan fingerprint density at radius 2 is 2.31 bits per heavy atom. The Morgan fingerprint density at radius 1 is 1.62 bits per heavy atom. The number of nitriles is 1. The van der Waals surface area contributed by atoms with Crippen LogP contribution in [0.15, 0.2) is 12.1 Å². The first kappa shape index (κ1) is 12.3. The number of halogens is 1. The van der Waals surface area contributed by atoms with E-state index < -0.39 is 5.97 Å². The van der Waals surface area contributed by atoms with E-state index in [1.807, 2.05) is 6.07 Å². The van der Waals surface area contributed by atoms with Crippen molar-refractivity contribution in [1.82, 2.24) is 0 Å². The van der Waals surface area contributed by atoms with E-state index in [0.29, 0.717) is 11.3 Å². The minimum absolute atomic E-state index is 0.218. The van der Waals surface area contributed by atoms with Crippen LogP contribution in [-0.4, -0.2) is 18.2 Å². The first-order chi connectivity index (χ1) is 7.62. The van der Waals surface area contributed by atoms with Crippen molar-refractivity contribution in [3.05, 3.63) is 28.8 Å². The van der Waals surface area contributed by atoms with E-state index in [0.717, 1.165) is 5.56 Å². The average Bonchev–Trinajstić information content (AvgIpc) is 2.27. The number of hydrogen-bond donors (Lipinski definition) is 1. The molecule has 0 bridgehead atoms. The first-order valence-electron chi connectivity index (χ1n) is 4.50. The zero-order valence-electron chi connectivity index (χ0n) is 8.66. The van der Waals surface area contributed by atoms with Crippen LogP contribution in [0, 0.1) is 11.3 Å². The molecule has 1 aromatic rings. The molecule has 0 atom stereocenters. The van der Waals surface area contributed by atoms with Gasteiger partial charge >= 0.3 is 5.97 Å². The summed E-state index contributed by atoms with van der Waals surface area (Å²) in [6.45, 7) is 0. The van der Waals surface area contributed by atoms with E-state index in [2.05, 4.69) is 0 Å². The van der Waals surface area contributed by atoms with Crippen molar-refractivity contribution >= 4 is 17.6 Å². The van der Waals surface area contributed by atoms with Crippen LogP contribution >= 0.6 is 11.6 Å². The highest BCUT2D eigenvalue weighted by molar-refractivity contribution is 6.17. The summed E-state index contributed by atoms with van der Waals surface area (Å²) in [7, 11) is 1.43. The second-order valence-corrected chi connectivity index (χ2v) is 3.42. The van der Waals surface area contributed by atoms with Crippen molar-refractivity contribution < 1.29 is 14.6 Å². The second kappa shape index (κ2) is 5.38. The number of nitrogens with zero attached hydrogens (tertiary/aromatic N) is 1. The molecule has 1 rings (SSSR count). The third-order valence-corrected chi connectivity index (χ3v) is 2.38. The van der Waals surface area contributed by atoms with Crippen molar-refractivity contribution in [2.24, 2.45) is 0 Å². The lowest BCUT2D eigenvalue weighted by atomic mass is 10.0. The molecule has 0 fully saturated rings. The smallest absolute Gasteiger partial charge is 0.307 e. The molecule has 0 aliphatic heterocycles. The molecule has 0 saturated heterocycles. The fourth-order valence-corrected chi connectivity index (χ4v) is 1.56. The molecule has 1 aromatic carbocycles. The summed E-state index contributed by atoms with van der Waals surface area (Å²) >= 11 is 5.67. The van der Waals surface area contributed by atoms with Crippen LogP contribution in [0.2, 0.25) is 0 Å². The molecule has 0 saturated carbocycles. The summed E-state index contributed by atoms with van der Waals surface area (Å²) in [6, 6.07) is 5.19. The highest BCUT2D eigenvalue weighted by Gasteiger charge is 2.13. The van der Waals surface area contributed by atoms with Gasteiger partial charge in [0.25, 0.3) is 0 Å². The molecule has 84 valence electrons. The highest BCUT2D eigenvalue weighted by Crippen LogP contribution is 2.25. The zero-order valence-corrected chi connectivity index (χ0v) is 9.41. The number of carboxylic acid groups (broad SMARTS) is 1. The fourth-order valence-electron chi connectivity index (χ4n) is 1.40. The maximum absolute atomic E-state index is 10.7. The van der Waals surface area contributed by atoms with Crippen LogP contribution in [0.5, 0.6) is 5.75 Å². The largest absolute Gasteiger partial charge is 0.495 e. The van der Waals surface area contributed by atoms with Crippen molar-refractivity contribution in [3.8, 4) is 11.8 Å². The van der Waals surface area contributed by atoms with Gasteiger partial charge in [-0.3, -0.25) is 4.79 Å². The third-order valence-electron chi connectivity index (χ3n) is 2.07. The van der Waals surface area contributed by atoms with Gasteiger partial charge in [0.2, 0.25) is 0 Å². The van der Waals surface area contributed by atoms with Gasteiger partial charge in [0.1, 0.15) is 11.8 Å². The molecule has 0 unspecified atom stereocenters. The van der Waals surface area contributed by atoms with Crippen LogP contribution < -0.4 is 4.74 Å². The van der Waals surface area contributed by atoms with Crippen LogP contribution in [0.1, 0.15) is 16.7 Å². The molecular weight excluding hydrogens is 230 g/mol. The van der Waals surface area contributed by atoms with Crippen LogP contribution in [0.4, 0.5) is 0 Å². The molecule has 0 spiro atoms. The minimum Gasteiger partial charge on any atom is -0.495 e. The summed E-state index contributed by atoms with van der Waals surface area (Å²) in [5.74, 6) is -0.392. The zero-order chi connectivity index (χ0) is 12.1. The van der Waals surface area contributed by atoms with Gasteiger partial charge in [-0.05, 0) is 17.2 Å². The third kappa shape index (κ3) is 2.65. The predicted octanol–water partition coefficient (Wildman–Crippen LogP) is 1.93. The van der Waals surface area contributed by atoms with Crippen LogP contribution in [0.3, 0.4) is 0 Å². The molecule has 5 heteroatoms. The molecule has 0 aliphatic carbocycles. The molecule has 0 aliphatic rings. The maximum atomic E-state index is 10.7. The second-order valence-electron chi connectivity index (χ2n) is 3.15. The van der Waals surface area contributed by atoms with Gasteiger partial charge in [-0.25, -0.2) is 0 Å². The van der Waals surface area contributed by atoms with E-state index in [9.17, 15) is 4.79 Å². The molecular formula is C11H10ClNO3. The van der Waals surface area contributed by atoms with Gasteiger partial charge in [0.15, 0.2) is 0 Å². The Bertz CT molecular complexity index is 451. The lowest BCUT2D eigenvalue weighted by Gasteiger charge is -2.09. The normalized spacial score (nSPS) is 9.56. The van der Waals surface area contributed by atoms with Crippen molar-refractivity contribution in [2.45, 2.75) is 12.3 Å². The van der Waals surface area contributed by atoms with E-state index in [-0.39, 0.29) is 17.9 Å². The Kier molecular flexibility index (Phi) is 4.15. The van der Waals surface area contributed by atoms with Gasteiger partial charge in [-0.2, -0.15) is 5.26 Å². The Balaban J connectivity index is 3.32. The summed E-state index contributed by atoms with van der Waals surface area (Å²) in [5.41, 5.74) is 1.40. The monoisotopic (exact) mass is 239 g/mol. The van der Waals surface area contributed by atoms with Gasteiger partial charge in [0.05, 0.1) is 19.1 Å². The number of carboxylic acids is 1. The molecule has 0 amide bonds. The Hall–Kier alpha value is -1.73. The number of aliphatic carboxylic acids is 1. The summed E-state index contributed by atoms with van der Waals surface area (Å²) in [6.07, 6.45) is -0.218. The minimum atomic E-state index is -0.995. The summed E-state index contributed by atoms with van der Waals surface area (Å²) < 4.78 is 5.03. The van der Waals surface area contributed by atoms with Crippen molar-refractivity contribution in [1.29, 1.82) is 5.26 Å². The quantitative estimate of drug-likeness (QED) is 0.815. The number of hydrogen-bond acceptors (Lipinski definition) is 3. The highest BCUT2D eigenvalue weighted by atomic mass is 35.5. The van der Waals surface area contributed by atoms with E-state index in [1.165, 1.54) is 7.11 Å². The SMILES string of the molecule is COc1cc(CCl)cc(CC(=O)O)c1C#N. The van der Waals surface area contributed by atoms with E-state index in [4.69, 9.17) is 26.7 Å². The fraction of sp³-hybridized carbons (Fsp3) is 0.273.